The molecular weight excluding hydrogens is 376 g/mol. The lowest BCUT2D eigenvalue weighted by molar-refractivity contribution is 0.0583. The van der Waals surface area contributed by atoms with Gasteiger partial charge in [-0.3, -0.25) is 0 Å². The molecule has 27 heavy (non-hydrogen) atoms. The zero-order chi connectivity index (χ0) is 20.4. The van der Waals surface area contributed by atoms with E-state index in [1.165, 1.54) is 0 Å². The van der Waals surface area contributed by atoms with Crippen molar-refractivity contribution in [3.63, 3.8) is 0 Å². The average Bonchev–Trinajstić information content (AvgIpc) is 2.58. The van der Waals surface area contributed by atoms with E-state index in [1.807, 2.05) is 0 Å². The largest absolute Gasteiger partial charge is 0.455 e. The second-order valence-electron chi connectivity index (χ2n) is 7.78. The first-order valence-electron chi connectivity index (χ1n) is 10.1. The summed E-state index contributed by atoms with van der Waals surface area (Å²) in [6.07, 6.45) is 5.61. The van der Waals surface area contributed by atoms with Gasteiger partial charge in [-0.2, -0.15) is 0 Å². The van der Waals surface area contributed by atoms with Crippen LogP contribution in [0.4, 0.5) is 0 Å². The summed E-state index contributed by atoms with van der Waals surface area (Å²) in [6, 6.07) is 2.27. The Hall–Kier alpha value is -0.286. The molecule has 160 valence electrons. The highest BCUT2D eigenvalue weighted by Gasteiger charge is 2.32. The van der Waals surface area contributed by atoms with E-state index in [0.29, 0.717) is 39.6 Å². The molecule has 0 N–H and O–H groups in total. The Balaban J connectivity index is 3.75. The van der Waals surface area contributed by atoms with Gasteiger partial charge in [0.15, 0.2) is 16.6 Å². The van der Waals surface area contributed by atoms with Crippen LogP contribution in [0.2, 0.25) is 38.3 Å². The Labute approximate surface area is 169 Å². The molecular formula is C20H42O5Si2. The lowest BCUT2D eigenvalue weighted by Gasteiger charge is -2.34. The van der Waals surface area contributed by atoms with E-state index in [0.717, 1.165) is 38.1 Å². The lowest BCUT2D eigenvalue weighted by Crippen LogP contribution is -2.44. The highest BCUT2D eigenvalue weighted by molar-refractivity contribution is 6.84. The minimum atomic E-state index is -1.64. The first-order valence-corrected chi connectivity index (χ1v) is 16.3. The molecule has 0 aliphatic carbocycles. The average molecular weight is 419 g/mol. The summed E-state index contributed by atoms with van der Waals surface area (Å²) in [7, 11) is -3.29. The van der Waals surface area contributed by atoms with Crippen LogP contribution in [-0.2, 0) is 23.1 Å². The molecule has 0 aromatic rings. The highest BCUT2D eigenvalue weighted by Crippen LogP contribution is 2.23. The van der Waals surface area contributed by atoms with Crippen LogP contribution < -0.4 is 0 Å². The number of ether oxygens (including phenoxy) is 4. The minimum absolute atomic E-state index is 0.588. The van der Waals surface area contributed by atoms with Crippen LogP contribution in [-0.4, -0.2) is 69.5 Å². The van der Waals surface area contributed by atoms with Gasteiger partial charge in [-0.1, -0.05) is 12.2 Å². The van der Waals surface area contributed by atoms with Gasteiger partial charge in [-0.25, -0.2) is 0 Å². The van der Waals surface area contributed by atoms with Crippen LogP contribution in [0.25, 0.3) is 0 Å². The molecule has 0 amide bonds. The molecule has 0 saturated heterocycles. The molecule has 0 atom stereocenters. The first kappa shape index (κ1) is 26.7. The third-order valence-electron chi connectivity index (χ3n) is 3.90. The predicted molar refractivity (Wildman–Crippen MR) is 119 cm³/mol. The van der Waals surface area contributed by atoms with Gasteiger partial charge in [0.1, 0.15) is 0 Å². The molecule has 0 radical (unpaired) electrons. The number of rotatable bonds is 20. The molecule has 0 aromatic carbocycles. The zero-order valence-corrected chi connectivity index (χ0v) is 20.1. The zero-order valence-electron chi connectivity index (χ0n) is 18.1. The van der Waals surface area contributed by atoms with Crippen molar-refractivity contribution in [2.45, 2.75) is 51.1 Å². The topological polar surface area (TPSA) is 46.2 Å². The van der Waals surface area contributed by atoms with Gasteiger partial charge in [0.25, 0.3) is 0 Å². The molecule has 0 saturated carbocycles. The smallest absolute Gasteiger partial charge is 0.173 e. The Bertz CT molecular complexity index is 341. The van der Waals surface area contributed by atoms with Gasteiger partial charge < -0.3 is 23.1 Å². The molecule has 0 spiro atoms. The lowest BCUT2D eigenvalue weighted by atomic mass is 10.5. The predicted octanol–water partition coefficient (Wildman–Crippen LogP) is 4.63. The summed E-state index contributed by atoms with van der Waals surface area (Å²) < 4.78 is 28.5. The normalized spacial score (nSPS) is 12.3. The second kappa shape index (κ2) is 16.6. The van der Waals surface area contributed by atoms with Crippen molar-refractivity contribution < 1.29 is 23.1 Å². The van der Waals surface area contributed by atoms with Crippen LogP contribution in [0.3, 0.4) is 0 Å². The molecule has 0 bridgehead atoms. The fourth-order valence-corrected chi connectivity index (χ4v) is 11.6. The Morgan fingerprint density at radius 2 is 0.963 bits per heavy atom. The minimum Gasteiger partial charge on any atom is -0.455 e. The number of hydrogen-bond donors (Lipinski definition) is 0. The van der Waals surface area contributed by atoms with Gasteiger partial charge in [0.2, 0.25) is 0 Å². The number of hydrogen-bond acceptors (Lipinski definition) is 5. The maximum Gasteiger partial charge on any atom is 0.173 e. The summed E-state index contributed by atoms with van der Waals surface area (Å²) >= 11 is 0. The van der Waals surface area contributed by atoms with Gasteiger partial charge >= 0.3 is 0 Å². The molecule has 0 aliphatic rings. The van der Waals surface area contributed by atoms with Gasteiger partial charge in [-0.15, -0.1) is 13.2 Å². The molecule has 0 rings (SSSR count). The molecule has 7 heteroatoms. The van der Waals surface area contributed by atoms with Gasteiger partial charge in [-0.05, 0) is 51.1 Å². The molecule has 0 aromatic heterocycles. The van der Waals surface area contributed by atoms with Crippen LogP contribution in [0.5, 0.6) is 0 Å². The Morgan fingerprint density at radius 3 is 1.33 bits per heavy atom. The third kappa shape index (κ3) is 18.8. The highest BCUT2D eigenvalue weighted by atomic mass is 28.4. The fraction of sp³-hybridized carbons (Fsp3) is 0.800. The molecule has 5 nitrogen and oxygen atoms in total. The summed E-state index contributed by atoms with van der Waals surface area (Å²) in [5.74, 6) is 0. The maximum atomic E-state index is 6.64. The standard InChI is InChI=1S/C20H42O5Si2/c1-7-11-21-15-17-23-13-9-19-26(3,4)25-27(5,6)20-10-14-24-18-16-22-12-8-2/h7-8H,1-2,9-20H2,3-6H3. The monoisotopic (exact) mass is 418 g/mol. The van der Waals surface area contributed by atoms with Crippen molar-refractivity contribution >= 4 is 16.6 Å². The van der Waals surface area contributed by atoms with Crippen LogP contribution in [0.15, 0.2) is 25.3 Å². The first-order chi connectivity index (χ1) is 12.8. The Morgan fingerprint density at radius 1 is 0.593 bits per heavy atom. The van der Waals surface area contributed by atoms with E-state index < -0.39 is 16.6 Å². The maximum absolute atomic E-state index is 6.64. The van der Waals surface area contributed by atoms with Crippen molar-refractivity contribution in [3.8, 4) is 0 Å². The summed E-state index contributed by atoms with van der Waals surface area (Å²) in [4.78, 5) is 0. The van der Waals surface area contributed by atoms with Crippen LogP contribution >= 0.6 is 0 Å². The Kier molecular flexibility index (Phi) is 16.5. The summed E-state index contributed by atoms with van der Waals surface area (Å²) in [5.41, 5.74) is 0. The van der Waals surface area contributed by atoms with Crippen molar-refractivity contribution in [2.75, 3.05) is 52.9 Å². The van der Waals surface area contributed by atoms with Gasteiger partial charge in [0, 0.05) is 13.2 Å². The van der Waals surface area contributed by atoms with E-state index in [1.54, 1.807) is 12.2 Å². The van der Waals surface area contributed by atoms with Crippen LogP contribution in [0.1, 0.15) is 12.8 Å². The fourth-order valence-electron chi connectivity index (χ4n) is 2.82. The van der Waals surface area contributed by atoms with Crippen molar-refractivity contribution in [2.24, 2.45) is 0 Å². The molecule has 0 aliphatic heterocycles. The SMILES string of the molecule is C=CCOCCOCCC[Si](C)(C)O[Si](C)(C)CCCOCCOCC=C. The van der Waals surface area contributed by atoms with E-state index in [9.17, 15) is 0 Å². The van der Waals surface area contributed by atoms with E-state index >= 15 is 0 Å². The molecule has 0 heterocycles. The van der Waals surface area contributed by atoms with Crippen molar-refractivity contribution in [3.05, 3.63) is 25.3 Å². The summed E-state index contributed by atoms with van der Waals surface area (Å²) in [6.45, 7) is 21.8. The van der Waals surface area contributed by atoms with E-state index in [-0.39, 0.29) is 0 Å². The summed E-state index contributed by atoms with van der Waals surface area (Å²) in [5, 5.41) is 0. The van der Waals surface area contributed by atoms with Gasteiger partial charge in [0.05, 0.1) is 39.6 Å². The van der Waals surface area contributed by atoms with E-state index in [4.69, 9.17) is 23.1 Å². The van der Waals surface area contributed by atoms with Crippen LogP contribution in [0, 0.1) is 0 Å². The third-order valence-corrected chi connectivity index (χ3v) is 11.4. The van der Waals surface area contributed by atoms with Crippen molar-refractivity contribution in [1.82, 2.24) is 0 Å². The molecule has 0 unspecified atom stereocenters. The van der Waals surface area contributed by atoms with E-state index in [2.05, 4.69) is 39.3 Å². The second-order valence-corrected chi connectivity index (χ2v) is 16.6. The van der Waals surface area contributed by atoms with Crippen molar-refractivity contribution in [1.29, 1.82) is 0 Å². The molecule has 0 fully saturated rings. The quantitative estimate of drug-likeness (QED) is 0.164.